The number of aliphatic hydroxyl groups is 1. The van der Waals surface area contributed by atoms with Crippen molar-refractivity contribution in [1.82, 2.24) is 0 Å². The van der Waals surface area contributed by atoms with Crippen LogP contribution in [-0.2, 0) is 13.0 Å². The number of aliphatic hydroxyl groups excluding tert-OH is 1. The summed E-state index contributed by atoms with van der Waals surface area (Å²) in [6.07, 6.45) is 1.93. The van der Waals surface area contributed by atoms with Gasteiger partial charge in [-0.2, -0.15) is 0 Å². The average Bonchev–Trinajstić information content (AvgIpc) is 2.52. The molecule has 1 N–H and O–H groups in total. The number of hydrogen-bond acceptors (Lipinski definition) is 3. The maximum atomic E-state index is 9.15. The molecule has 0 radical (unpaired) electrons. The molecule has 0 spiro atoms. The van der Waals surface area contributed by atoms with Gasteiger partial charge in [-0.25, -0.2) is 0 Å². The largest absolute Gasteiger partial charge is 0.493 e. The molecule has 0 saturated carbocycles. The first-order chi connectivity index (χ1) is 9.83. The maximum Gasteiger partial charge on any atom is 0.161 e. The van der Waals surface area contributed by atoms with E-state index in [0.717, 1.165) is 18.4 Å². The Balaban J connectivity index is 1.87. The van der Waals surface area contributed by atoms with Crippen LogP contribution in [0.3, 0.4) is 0 Å². The van der Waals surface area contributed by atoms with Gasteiger partial charge in [0, 0.05) is 0 Å². The van der Waals surface area contributed by atoms with E-state index < -0.39 is 0 Å². The Morgan fingerprint density at radius 3 is 2.45 bits per heavy atom. The molecule has 2 aromatic rings. The van der Waals surface area contributed by atoms with E-state index in [2.05, 4.69) is 12.1 Å². The second kappa shape index (κ2) is 7.56. The van der Waals surface area contributed by atoms with Crippen LogP contribution >= 0.6 is 0 Å². The highest BCUT2D eigenvalue weighted by Crippen LogP contribution is 2.28. The van der Waals surface area contributed by atoms with Crippen LogP contribution in [0.4, 0.5) is 0 Å². The molecule has 0 aliphatic carbocycles. The summed E-state index contributed by atoms with van der Waals surface area (Å²) in [4.78, 5) is 0. The highest BCUT2D eigenvalue weighted by atomic mass is 16.5. The van der Waals surface area contributed by atoms with Crippen molar-refractivity contribution in [1.29, 1.82) is 0 Å². The van der Waals surface area contributed by atoms with Crippen LogP contribution in [0.15, 0.2) is 48.5 Å². The van der Waals surface area contributed by atoms with Crippen molar-refractivity contribution in [3.63, 3.8) is 0 Å². The third-order valence-corrected chi connectivity index (χ3v) is 3.12. The van der Waals surface area contributed by atoms with Crippen molar-refractivity contribution in [2.75, 3.05) is 13.7 Å². The molecule has 0 fully saturated rings. The third kappa shape index (κ3) is 4.00. The molecule has 0 amide bonds. The van der Waals surface area contributed by atoms with Gasteiger partial charge in [-0.1, -0.05) is 36.4 Å². The van der Waals surface area contributed by atoms with Gasteiger partial charge >= 0.3 is 0 Å². The van der Waals surface area contributed by atoms with E-state index in [9.17, 15) is 0 Å². The van der Waals surface area contributed by atoms with Crippen molar-refractivity contribution in [2.45, 2.75) is 19.4 Å². The first-order valence-electron chi connectivity index (χ1n) is 6.78. The summed E-state index contributed by atoms with van der Waals surface area (Å²) < 4.78 is 11.0. The molecule has 0 bridgehead atoms. The Labute approximate surface area is 119 Å². The van der Waals surface area contributed by atoms with Gasteiger partial charge in [0.15, 0.2) is 11.5 Å². The zero-order chi connectivity index (χ0) is 14.2. The molecule has 0 unspecified atom stereocenters. The van der Waals surface area contributed by atoms with Crippen molar-refractivity contribution < 1.29 is 14.6 Å². The monoisotopic (exact) mass is 272 g/mol. The van der Waals surface area contributed by atoms with Gasteiger partial charge in [-0.05, 0) is 36.1 Å². The van der Waals surface area contributed by atoms with E-state index in [4.69, 9.17) is 14.6 Å². The van der Waals surface area contributed by atoms with E-state index >= 15 is 0 Å². The van der Waals surface area contributed by atoms with Crippen molar-refractivity contribution in [3.8, 4) is 11.5 Å². The molecule has 0 aromatic heterocycles. The zero-order valence-electron chi connectivity index (χ0n) is 11.7. The van der Waals surface area contributed by atoms with E-state index in [1.807, 2.05) is 36.4 Å². The summed E-state index contributed by atoms with van der Waals surface area (Å²) in [7, 11) is 1.62. The minimum atomic E-state index is 0.00433. The summed E-state index contributed by atoms with van der Waals surface area (Å²) in [6, 6.07) is 15.8. The standard InChI is InChI=1S/C17H20O3/c1-19-16-10-9-15(13-18)12-17(16)20-11-5-8-14-6-3-2-4-7-14/h2-4,6-7,9-10,12,18H,5,8,11,13H2,1H3. The molecule has 3 heteroatoms. The first-order valence-corrected chi connectivity index (χ1v) is 6.78. The first kappa shape index (κ1) is 14.4. The maximum absolute atomic E-state index is 9.15. The van der Waals surface area contributed by atoms with E-state index in [-0.39, 0.29) is 6.61 Å². The van der Waals surface area contributed by atoms with Crippen LogP contribution in [-0.4, -0.2) is 18.8 Å². The van der Waals surface area contributed by atoms with Crippen molar-refractivity contribution in [3.05, 3.63) is 59.7 Å². The van der Waals surface area contributed by atoms with Gasteiger partial charge in [-0.15, -0.1) is 0 Å². The molecular formula is C17H20O3. The van der Waals surface area contributed by atoms with E-state index in [0.29, 0.717) is 18.1 Å². The summed E-state index contributed by atoms with van der Waals surface area (Å²) in [5.74, 6) is 1.38. The Bertz CT molecular complexity index is 523. The minimum Gasteiger partial charge on any atom is -0.493 e. The third-order valence-electron chi connectivity index (χ3n) is 3.12. The Kier molecular flexibility index (Phi) is 5.44. The minimum absolute atomic E-state index is 0.00433. The average molecular weight is 272 g/mol. The molecule has 2 rings (SSSR count). The fraction of sp³-hybridized carbons (Fsp3) is 0.294. The van der Waals surface area contributed by atoms with Gasteiger partial charge in [0.2, 0.25) is 0 Å². The number of hydrogen-bond donors (Lipinski definition) is 1. The molecule has 106 valence electrons. The quantitative estimate of drug-likeness (QED) is 0.787. The molecule has 0 saturated heterocycles. The fourth-order valence-electron chi connectivity index (χ4n) is 2.04. The lowest BCUT2D eigenvalue weighted by Crippen LogP contribution is -2.01. The van der Waals surface area contributed by atoms with Gasteiger partial charge in [0.25, 0.3) is 0 Å². The Morgan fingerprint density at radius 2 is 1.75 bits per heavy atom. The number of methoxy groups -OCH3 is 1. The van der Waals surface area contributed by atoms with Gasteiger partial charge in [-0.3, -0.25) is 0 Å². The zero-order valence-corrected chi connectivity index (χ0v) is 11.7. The second-order valence-electron chi connectivity index (χ2n) is 4.58. The molecule has 2 aromatic carbocycles. The van der Waals surface area contributed by atoms with E-state index in [1.54, 1.807) is 7.11 Å². The lowest BCUT2D eigenvalue weighted by molar-refractivity contribution is 0.274. The van der Waals surface area contributed by atoms with Gasteiger partial charge < -0.3 is 14.6 Å². The van der Waals surface area contributed by atoms with Gasteiger partial charge in [0.1, 0.15) is 0 Å². The van der Waals surface area contributed by atoms with Crippen LogP contribution in [0, 0.1) is 0 Å². The summed E-state index contributed by atoms with van der Waals surface area (Å²) >= 11 is 0. The van der Waals surface area contributed by atoms with Crippen molar-refractivity contribution >= 4 is 0 Å². The van der Waals surface area contributed by atoms with Crippen LogP contribution in [0.25, 0.3) is 0 Å². The number of rotatable bonds is 7. The number of aryl methyl sites for hydroxylation is 1. The SMILES string of the molecule is COc1ccc(CO)cc1OCCCc1ccccc1. The molecule has 0 atom stereocenters. The lowest BCUT2D eigenvalue weighted by atomic mass is 10.1. The number of ether oxygens (including phenoxy) is 2. The van der Waals surface area contributed by atoms with E-state index in [1.165, 1.54) is 5.56 Å². The number of benzene rings is 2. The summed E-state index contributed by atoms with van der Waals surface area (Å²) in [6.45, 7) is 0.629. The smallest absolute Gasteiger partial charge is 0.161 e. The molecule has 3 nitrogen and oxygen atoms in total. The molecule has 0 aliphatic rings. The van der Waals surface area contributed by atoms with Crippen LogP contribution in [0.2, 0.25) is 0 Å². The Morgan fingerprint density at radius 1 is 0.950 bits per heavy atom. The normalized spacial score (nSPS) is 10.3. The van der Waals surface area contributed by atoms with Crippen LogP contribution < -0.4 is 9.47 Å². The summed E-state index contributed by atoms with van der Waals surface area (Å²) in [5.41, 5.74) is 2.14. The van der Waals surface area contributed by atoms with Crippen molar-refractivity contribution in [2.24, 2.45) is 0 Å². The second-order valence-corrected chi connectivity index (χ2v) is 4.58. The molecule has 0 aliphatic heterocycles. The predicted octanol–water partition coefficient (Wildman–Crippen LogP) is 3.20. The van der Waals surface area contributed by atoms with Crippen LogP contribution in [0.1, 0.15) is 17.5 Å². The molecule has 20 heavy (non-hydrogen) atoms. The Hall–Kier alpha value is -2.00. The van der Waals surface area contributed by atoms with Crippen LogP contribution in [0.5, 0.6) is 11.5 Å². The summed E-state index contributed by atoms with van der Waals surface area (Å²) in [5, 5.41) is 9.15. The fourth-order valence-corrected chi connectivity index (χ4v) is 2.04. The lowest BCUT2D eigenvalue weighted by Gasteiger charge is -2.11. The highest BCUT2D eigenvalue weighted by Gasteiger charge is 2.05. The van der Waals surface area contributed by atoms with Gasteiger partial charge in [0.05, 0.1) is 20.3 Å². The highest BCUT2D eigenvalue weighted by molar-refractivity contribution is 5.42. The topological polar surface area (TPSA) is 38.7 Å². The molecular weight excluding hydrogens is 252 g/mol. The predicted molar refractivity (Wildman–Crippen MR) is 79.2 cm³/mol. The molecule has 0 heterocycles.